The van der Waals surface area contributed by atoms with Gasteiger partial charge in [0.15, 0.2) is 11.0 Å². The van der Waals surface area contributed by atoms with Gasteiger partial charge in [-0.2, -0.15) is 13.2 Å². The first-order valence-corrected chi connectivity index (χ1v) is 7.17. The van der Waals surface area contributed by atoms with E-state index in [0.29, 0.717) is 0 Å². The monoisotopic (exact) mass is 351 g/mol. The van der Waals surface area contributed by atoms with E-state index in [4.69, 9.17) is 16.7 Å². The van der Waals surface area contributed by atoms with Crippen LogP contribution in [0.2, 0.25) is 5.02 Å². The number of carboxylic acid groups (broad SMARTS) is 1. The fourth-order valence-corrected chi connectivity index (χ4v) is 2.51. The molecule has 1 aromatic carbocycles. The van der Waals surface area contributed by atoms with E-state index in [0.717, 1.165) is 30.0 Å². The van der Waals surface area contributed by atoms with Crippen molar-refractivity contribution in [3.63, 3.8) is 0 Å². The van der Waals surface area contributed by atoms with Crippen LogP contribution in [0.15, 0.2) is 23.4 Å². The van der Waals surface area contributed by atoms with Gasteiger partial charge < -0.3 is 9.67 Å². The number of halogens is 4. The van der Waals surface area contributed by atoms with Gasteiger partial charge in [-0.1, -0.05) is 23.4 Å². The lowest BCUT2D eigenvalue weighted by Crippen LogP contribution is -2.06. The van der Waals surface area contributed by atoms with Crippen LogP contribution in [-0.2, 0) is 18.0 Å². The van der Waals surface area contributed by atoms with Crippen LogP contribution in [0.4, 0.5) is 13.2 Å². The van der Waals surface area contributed by atoms with Crippen molar-refractivity contribution in [3.05, 3.63) is 28.8 Å². The maximum atomic E-state index is 12.8. The van der Waals surface area contributed by atoms with Gasteiger partial charge in [0, 0.05) is 12.6 Å². The SMILES string of the molecule is Cn1c(SCC(=O)O)nnc1-c1cc(C(F)(F)F)ccc1Cl. The zero-order valence-corrected chi connectivity index (χ0v) is 12.6. The molecular weight excluding hydrogens is 343 g/mol. The molecule has 10 heteroatoms. The third-order valence-corrected chi connectivity index (χ3v) is 4.03. The van der Waals surface area contributed by atoms with Crippen LogP contribution >= 0.6 is 23.4 Å². The van der Waals surface area contributed by atoms with Crippen LogP contribution in [0, 0.1) is 0 Å². The van der Waals surface area contributed by atoms with Crippen molar-refractivity contribution in [2.24, 2.45) is 7.05 Å². The van der Waals surface area contributed by atoms with Crippen molar-refractivity contribution in [2.75, 3.05) is 5.75 Å². The Balaban J connectivity index is 2.42. The van der Waals surface area contributed by atoms with Crippen LogP contribution in [0.5, 0.6) is 0 Å². The fraction of sp³-hybridized carbons (Fsp3) is 0.250. The minimum atomic E-state index is -4.50. The zero-order valence-electron chi connectivity index (χ0n) is 11.1. The Morgan fingerprint density at radius 3 is 2.68 bits per heavy atom. The molecule has 0 aliphatic heterocycles. The third-order valence-electron chi connectivity index (χ3n) is 2.69. The Hall–Kier alpha value is -1.74. The standard InChI is InChI=1S/C12H9ClF3N3O2S/c1-19-10(17-18-11(19)22-5-9(20)21)7-4-6(12(14,15)16)2-3-8(7)13/h2-4H,5H2,1H3,(H,20,21). The lowest BCUT2D eigenvalue weighted by molar-refractivity contribution is -0.137. The number of rotatable bonds is 4. The minimum Gasteiger partial charge on any atom is -0.481 e. The molecule has 0 atom stereocenters. The second kappa shape index (κ2) is 6.17. The lowest BCUT2D eigenvalue weighted by atomic mass is 10.1. The number of carbonyl (C=O) groups is 1. The molecule has 22 heavy (non-hydrogen) atoms. The molecule has 0 amide bonds. The Bertz CT molecular complexity index is 718. The van der Waals surface area contributed by atoms with Crippen molar-refractivity contribution in [1.29, 1.82) is 0 Å². The molecule has 1 heterocycles. The molecule has 0 saturated carbocycles. The summed E-state index contributed by atoms with van der Waals surface area (Å²) in [6.07, 6.45) is -4.50. The predicted octanol–water partition coefficient (Wildman–Crippen LogP) is 3.33. The van der Waals surface area contributed by atoms with Crippen LogP contribution in [-0.4, -0.2) is 31.6 Å². The molecule has 118 valence electrons. The molecule has 0 aliphatic rings. The number of nitrogens with zero attached hydrogens (tertiary/aromatic N) is 3. The summed E-state index contributed by atoms with van der Waals surface area (Å²) in [6.45, 7) is 0. The van der Waals surface area contributed by atoms with Crippen LogP contribution < -0.4 is 0 Å². The Morgan fingerprint density at radius 2 is 2.09 bits per heavy atom. The smallest absolute Gasteiger partial charge is 0.416 e. The second-order valence-electron chi connectivity index (χ2n) is 4.24. The van der Waals surface area contributed by atoms with Gasteiger partial charge in [0.2, 0.25) is 0 Å². The molecule has 2 aromatic rings. The Kier molecular flexibility index (Phi) is 4.66. The largest absolute Gasteiger partial charge is 0.481 e. The first-order chi connectivity index (χ1) is 10.2. The van der Waals surface area contributed by atoms with Crippen molar-refractivity contribution >= 4 is 29.3 Å². The molecule has 5 nitrogen and oxygen atoms in total. The summed E-state index contributed by atoms with van der Waals surface area (Å²) in [5.41, 5.74) is -0.775. The maximum Gasteiger partial charge on any atom is 0.416 e. The normalized spacial score (nSPS) is 11.7. The van der Waals surface area contributed by atoms with Crippen molar-refractivity contribution < 1.29 is 23.1 Å². The number of alkyl halides is 3. The molecule has 1 aromatic heterocycles. The molecule has 0 saturated heterocycles. The van der Waals surface area contributed by atoms with Gasteiger partial charge in [-0.25, -0.2) is 0 Å². The average molecular weight is 352 g/mol. The molecule has 0 aliphatic carbocycles. The van der Waals surface area contributed by atoms with Crippen LogP contribution in [0.3, 0.4) is 0 Å². The highest BCUT2D eigenvalue weighted by Gasteiger charge is 2.31. The van der Waals surface area contributed by atoms with Gasteiger partial charge in [-0.15, -0.1) is 10.2 Å². The number of hydrogen-bond acceptors (Lipinski definition) is 4. The third kappa shape index (κ3) is 3.53. The summed E-state index contributed by atoms with van der Waals surface area (Å²) < 4.78 is 39.7. The summed E-state index contributed by atoms with van der Waals surface area (Å²) in [7, 11) is 1.52. The van der Waals surface area contributed by atoms with Gasteiger partial charge in [0.25, 0.3) is 0 Å². The molecular formula is C12H9ClF3N3O2S. The molecule has 0 spiro atoms. The number of aliphatic carboxylic acids is 1. The van der Waals surface area contributed by atoms with Crippen molar-refractivity contribution in [2.45, 2.75) is 11.3 Å². The van der Waals surface area contributed by atoms with Gasteiger partial charge in [0.05, 0.1) is 16.3 Å². The fourth-order valence-electron chi connectivity index (χ4n) is 1.67. The van der Waals surface area contributed by atoms with Gasteiger partial charge in [-0.05, 0) is 18.2 Å². The van der Waals surface area contributed by atoms with Crippen molar-refractivity contribution in [1.82, 2.24) is 14.8 Å². The van der Waals surface area contributed by atoms with E-state index in [2.05, 4.69) is 10.2 Å². The molecule has 0 unspecified atom stereocenters. The van der Waals surface area contributed by atoms with E-state index in [1.165, 1.54) is 11.6 Å². The lowest BCUT2D eigenvalue weighted by Gasteiger charge is -2.10. The van der Waals surface area contributed by atoms with E-state index < -0.39 is 17.7 Å². The topological polar surface area (TPSA) is 68.0 Å². The zero-order chi connectivity index (χ0) is 16.5. The highest BCUT2D eigenvalue weighted by atomic mass is 35.5. The summed E-state index contributed by atoms with van der Waals surface area (Å²) in [4.78, 5) is 10.5. The van der Waals surface area contributed by atoms with Gasteiger partial charge in [0.1, 0.15) is 0 Å². The molecule has 1 N–H and O–H groups in total. The highest BCUT2D eigenvalue weighted by Crippen LogP contribution is 2.35. The summed E-state index contributed by atoms with van der Waals surface area (Å²) >= 11 is 6.85. The predicted molar refractivity (Wildman–Crippen MR) is 74.8 cm³/mol. The van der Waals surface area contributed by atoms with Crippen LogP contribution in [0.25, 0.3) is 11.4 Å². The molecule has 0 bridgehead atoms. The van der Waals surface area contributed by atoms with Crippen molar-refractivity contribution in [3.8, 4) is 11.4 Å². The molecule has 0 fully saturated rings. The highest BCUT2D eigenvalue weighted by molar-refractivity contribution is 7.99. The number of aromatic nitrogens is 3. The number of hydrogen-bond donors (Lipinski definition) is 1. The summed E-state index contributed by atoms with van der Waals surface area (Å²) in [6, 6.07) is 2.90. The van der Waals surface area contributed by atoms with E-state index >= 15 is 0 Å². The van der Waals surface area contributed by atoms with Crippen LogP contribution in [0.1, 0.15) is 5.56 Å². The quantitative estimate of drug-likeness (QED) is 0.856. The number of thioether (sulfide) groups is 1. The van der Waals surface area contributed by atoms with Gasteiger partial charge >= 0.3 is 12.1 Å². The number of benzene rings is 1. The summed E-state index contributed by atoms with van der Waals surface area (Å²) in [5.74, 6) is -1.14. The molecule has 0 radical (unpaired) electrons. The van der Waals surface area contributed by atoms with E-state index in [1.54, 1.807) is 0 Å². The Labute approximate surface area is 132 Å². The number of carboxylic acids is 1. The molecule has 2 rings (SSSR count). The van der Waals surface area contributed by atoms with E-state index in [1.807, 2.05) is 0 Å². The van der Waals surface area contributed by atoms with Gasteiger partial charge in [-0.3, -0.25) is 4.79 Å². The Morgan fingerprint density at radius 1 is 1.41 bits per heavy atom. The second-order valence-corrected chi connectivity index (χ2v) is 5.59. The van der Waals surface area contributed by atoms with E-state index in [9.17, 15) is 18.0 Å². The first-order valence-electron chi connectivity index (χ1n) is 5.81. The van der Waals surface area contributed by atoms with E-state index in [-0.39, 0.29) is 27.3 Å². The first kappa shape index (κ1) is 16.6. The summed E-state index contributed by atoms with van der Waals surface area (Å²) in [5, 5.41) is 16.6. The minimum absolute atomic E-state index is 0.0775. The maximum absolute atomic E-state index is 12.8. The average Bonchev–Trinajstić information content (AvgIpc) is 2.77.